The summed E-state index contributed by atoms with van der Waals surface area (Å²) in [4.78, 5) is 26.9. The predicted molar refractivity (Wildman–Crippen MR) is 130 cm³/mol. The molecule has 0 fully saturated rings. The van der Waals surface area contributed by atoms with E-state index < -0.39 is 16.1 Å². The van der Waals surface area contributed by atoms with Gasteiger partial charge in [0.15, 0.2) is 0 Å². The van der Waals surface area contributed by atoms with Crippen LogP contribution in [0.1, 0.15) is 32.3 Å². The molecule has 0 saturated heterocycles. The molecule has 0 unspecified atom stereocenters. The van der Waals surface area contributed by atoms with Gasteiger partial charge in [-0.15, -0.1) is 0 Å². The van der Waals surface area contributed by atoms with Crippen LogP contribution in [0.5, 0.6) is 5.75 Å². The molecule has 0 aliphatic carbocycles. The lowest BCUT2D eigenvalue weighted by molar-refractivity contribution is -0.140. The summed E-state index contributed by atoms with van der Waals surface area (Å²) in [6, 6.07) is 15.7. The minimum absolute atomic E-state index is 0.0942. The van der Waals surface area contributed by atoms with Gasteiger partial charge in [-0.3, -0.25) is 13.9 Å². The fourth-order valence-corrected chi connectivity index (χ4v) is 4.46. The molecule has 2 aromatic carbocycles. The van der Waals surface area contributed by atoms with Crippen LogP contribution in [0, 0.1) is 0 Å². The van der Waals surface area contributed by atoms with Crippen LogP contribution in [0.2, 0.25) is 0 Å². The number of ether oxygens (including phenoxy) is 1. The molecular formula is C24H33N3O5S. The molecule has 0 aliphatic heterocycles. The Kier molecular flexibility index (Phi) is 9.72. The first-order valence-corrected chi connectivity index (χ1v) is 12.8. The number of sulfonamides is 1. The van der Waals surface area contributed by atoms with E-state index in [2.05, 4.69) is 5.32 Å². The normalized spacial score (nSPS) is 12.0. The highest BCUT2D eigenvalue weighted by atomic mass is 32.2. The van der Waals surface area contributed by atoms with Crippen LogP contribution in [-0.4, -0.2) is 57.6 Å². The number of hydrogen-bond donors (Lipinski definition) is 1. The van der Waals surface area contributed by atoms with E-state index in [0.717, 1.165) is 11.8 Å². The highest BCUT2D eigenvalue weighted by molar-refractivity contribution is 7.92. The van der Waals surface area contributed by atoms with E-state index in [1.165, 1.54) is 16.3 Å². The zero-order valence-electron chi connectivity index (χ0n) is 19.7. The Balaban J connectivity index is 2.16. The van der Waals surface area contributed by atoms with E-state index in [0.29, 0.717) is 18.0 Å². The molecule has 2 aromatic rings. The molecule has 1 atom stereocenters. The van der Waals surface area contributed by atoms with Crippen LogP contribution < -0.4 is 14.4 Å². The van der Waals surface area contributed by atoms with Crippen molar-refractivity contribution in [2.45, 2.75) is 39.3 Å². The Hall–Kier alpha value is -3.07. The molecule has 0 aliphatic rings. The van der Waals surface area contributed by atoms with E-state index in [1.807, 2.05) is 37.3 Å². The molecule has 0 radical (unpaired) electrons. The van der Waals surface area contributed by atoms with Gasteiger partial charge in [-0.2, -0.15) is 0 Å². The molecule has 33 heavy (non-hydrogen) atoms. The molecule has 0 heterocycles. The molecule has 0 saturated carbocycles. The number of hydrogen-bond acceptors (Lipinski definition) is 5. The zero-order valence-corrected chi connectivity index (χ0v) is 20.5. The second-order valence-corrected chi connectivity index (χ2v) is 9.54. The van der Waals surface area contributed by atoms with Crippen molar-refractivity contribution in [3.8, 4) is 5.75 Å². The summed E-state index contributed by atoms with van der Waals surface area (Å²) < 4.78 is 31.8. The Labute approximate surface area is 196 Å². The van der Waals surface area contributed by atoms with Gasteiger partial charge in [-0.1, -0.05) is 42.5 Å². The van der Waals surface area contributed by atoms with Crippen molar-refractivity contribution in [2.75, 3.05) is 30.8 Å². The maximum Gasteiger partial charge on any atom is 0.242 e. The lowest BCUT2D eigenvalue weighted by Crippen LogP contribution is -2.46. The van der Waals surface area contributed by atoms with Crippen molar-refractivity contribution >= 4 is 27.5 Å². The SMILES string of the molecule is CCOc1ccccc1N(CCCC(=O)N(Cc1ccccc1)[C@H](C)C(=O)NC)S(C)(=O)=O. The summed E-state index contributed by atoms with van der Waals surface area (Å²) in [5, 5.41) is 2.59. The molecule has 8 nitrogen and oxygen atoms in total. The second kappa shape index (κ2) is 12.2. The van der Waals surface area contributed by atoms with Gasteiger partial charge < -0.3 is 15.0 Å². The number of likely N-dealkylation sites (N-methyl/N-ethyl adjacent to an activating group) is 1. The van der Waals surface area contributed by atoms with E-state index in [9.17, 15) is 18.0 Å². The highest BCUT2D eigenvalue weighted by Crippen LogP contribution is 2.30. The number of benzene rings is 2. The molecule has 0 aromatic heterocycles. The smallest absolute Gasteiger partial charge is 0.242 e. The van der Waals surface area contributed by atoms with Gasteiger partial charge >= 0.3 is 0 Å². The Morgan fingerprint density at radius 3 is 2.30 bits per heavy atom. The first-order chi connectivity index (χ1) is 15.7. The van der Waals surface area contributed by atoms with Crippen LogP contribution in [-0.2, 0) is 26.2 Å². The summed E-state index contributed by atoms with van der Waals surface area (Å²) in [7, 11) is -2.06. The molecular weight excluding hydrogens is 442 g/mol. The summed E-state index contributed by atoms with van der Waals surface area (Å²) in [5.41, 5.74) is 1.35. The van der Waals surface area contributed by atoms with E-state index in [1.54, 1.807) is 31.2 Å². The van der Waals surface area contributed by atoms with Crippen LogP contribution in [0.3, 0.4) is 0 Å². The second-order valence-electron chi connectivity index (χ2n) is 7.64. The molecule has 9 heteroatoms. The standard InChI is InChI=1S/C24H33N3O5S/c1-5-32-22-15-10-9-14-21(22)27(33(4,30)31)17-11-16-23(28)26(19(2)24(29)25-3)18-20-12-7-6-8-13-20/h6-10,12-15,19H,5,11,16-18H2,1-4H3,(H,25,29)/t19-/m1/s1. The quantitative estimate of drug-likeness (QED) is 0.509. The van der Waals surface area contributed by atoms with Crippen molar-refractivity contribution in [3.05, 3.63) is 60.2 Å². The van der Waals surface area contributed by atoms with Gasteiger partial charge in [0.25, 0.3) is 0 Å². The third-order valence-electron chi connectivity index (χ3n) is 5.20. The molecule has 0 spiro atoms. The number of para-hydroxylation sites is 2. The summed E-state index contributed by atoms with van der Waals surface area (Å²) in [5.74, 6) is -0.0140. The lowest BCUT2D eigenvalue weighted by atomic mass is 10.1. The van der Waals surface area contributed by atoms with E-state index >= 15 is 0 Å². The van der Waals surface area contributed by atoms with Crippen molar-refractivity contribution < 1.29 is 22.7 Å². The van der Waals surface area contributed by atoms with E-state index in [4.69, 9.17) is 4.74 Å². The first kappa shape index (κ1) is 26.2. The third-order valence-corrected chi connectivity index (χ3v) is 6.38. The summed E-state index contributed by atoms with van der Waals surface area (Å²) in [6.45, 7) is 4.31. The van der Waals surface area contributed by atoms with Gasteiger partial charge in [0.2, 0.25) is 21.8 Å². The largest absolute Gasteiger partial charge is 0.492 e. The first-order valence-electron chi connectivity index (χ1n) is 10.9. The number of carbonyl (C=O) groups excluding carboxylic acids is 2. The number of nitrogens with zero attached hydrogens (tertiary/aromatic N) is 2. The highest BCUT2D eigenvalue weighted by Gasteiger charge is 2.26. The van der Waals surface area contributed by atoms with Crippen LogP contribution in [0.4, 0.5) is 5.69 Å². The molecule has 180 valence electrons. The van der Waals surface area contributed by atoms with Gasteiger partial charge in [0, 0.05) is 26.6 Å². The fraction of sp³-hybridized carbons (Fsp3) is 0.417. The van der Waals surface area contributed by atoms with Crippen molar-refractivity contribution in [3.63, 3.8) is 0 Å². The molecule has 0 bridgehead atoms. The maximum absolute atomic E-state index is 13.1. The van der Waals surface area contributed by atoms with E-state index in [-0.39, 0.29) is 37.7 Å². The number of nitrogens with one attached hydrogen (secondary N) is 1. The maximum atomic E-state index is 13.1. The minimum atomic E-state index is -3.59. The number of rotatable bonds is 12. The number of amides is 2. The summed E-state index contributed by atoms with van der Waals surface area (Å²) in [6.07, 6.45) is 1.52. The molecule has 2 rings (SSSR count). The van der Waals surface area contributed by atoms with Crippen molar-refractivity contribution in [1.82, 2.24) is 10.2 Å². The average molecular weight is 476 g/mol. The van der Waals surface area contributed by atoms with Gasteiger partial charge in [-0.25, -0.2) is 8.42 Å². The third kappa shape index (κ3) is 7.49. The van der Waals surface area contributed by atoms with Crippen LogP contribution in [0.25, 0.3) is 0 Å². The van der Waals surface area contributed by atoms with Crippen molar-refractivity contribution in [2.24, 2.45) is 0 Å². The number of anilines is 1. The predicted octanol–water partition coefficient (Wildman–Crippen LogP) is 2.79. The average Bonchev–Trinajstić information content (AvgIpc) is 2.80. The lowest BCUT2D eigenvalue weighted by Gasteiger charge is -2.29. The van der Waals surface area contributed by atoms with Crippen LogP contribution in [0.15, 0.2) is 54.6 Å². The van der Waals surface area contributed by atoms with Gasteiger partial charge in [0.05, 0.1) is 18.6 Å². The minimum Gasteiger partial charge on any atom is -0.492 e. The Morgan fingerprint density at radius 2 is 1.70 bits per heavy atom. The van der Waals surface area contributed by atoms with Crippen LogP contribution >= 0.6 is 0 Å². The summed E-state index contributed by atoms with van der Waals surface area (Å²) >= 11 is 0. The van der Waals surface area contributed by atoms with Gasteiger partial charge in [0.1, 0.15) is 11.8 Å². The zero-order chi connectivity index (χ0) is 24.4. The fourth-order valence-electron chi connectivity index (χ4n) is 3.49. The van der Waals surface area contributed by atoms with Gasteiger partial charge in [-0.05, 0) is 38.0 Å². The topological polar surface area (TPSA) is 96.0 Å². The molecule has 2 amide bonds. The number of carbonyl (C=O) groups is 2. The molecule has 1 N–H and O–H groups in total. The Bertz CT molecular complexity index is 1030. The van der Waals surface area contributed by atoms with Crippen molar-refractivity contribution in [1.29, 1.82) is 0 Å². The Morgan fingerprint density at radius 1 is 1.06 bits per heavy atom. The monoisotopic (exact) mass is 475 g/mol.